The van der Waals surface area contributed by atoms with E-state index in [9.17, 15) is 28.8 Å². The van der Waals surface area contributed by atoms with Gasteiger partial charge in [0.05, 0.1) is 122 Å². The van der Waals surface area contributed by atoms with Crippen LogP contribution >= 0.6 is 0 Å². The number of anilines is 1. The number of nitrogens with one attached hydrogen (secondary N) is 2. The highest BCUT2D eigenvalue weighted by atomic mass is 16.6. The van der Waals surface area contributed by atoms with Crippen molar-refractivity contribution in [3.8, 4) is 0 Å². The van der Waals surface area contributed by atoms with Crippen LogP contribution in [-0.2, 0) is 61.8 Å². The van der Waals surface area contributed by atoms with Crippen LogP contribution in [0.1, 0.15) is 86.4 Å². The van der Waals surface area contributed by atoms with Gasteiger partial charge in [0.25, 0.3) is 11.8 Å². The van der Waals surface area contributed by atoms with Gasteiger partial charge in [-0.15, -0.1) is 0 Å². The Hall–Kier alpha value is -3.88. The molecule has 0 saturated carbocycles. The fourth-order valence-corrected chi connectivity index (χ4v) is 5.69. The summed E-state index contributed by atoms with van der Waals surface area (Å²) in [6.45, 7) is 12.5. The molecular formula is C40H61N3O15. The second kappa shape index (κ2) is 27.7. The van der Waals surface area contributed by atoms with Crippen LogP contribution in [0.3, 0.4) is 0 Å². The van der Waals surface area contributed by atoms with Crippen LogP contribution in [0.2, 0.25) is 0 Å². The summed E-state index contributed by atoms with van der Waals surface area (Å²) >= 11 is 0. The smallest absolute Gasteiger partial charge is 0.308 e. The van der Waals surface area contributed by atoms with Gasteiger partial charge in [-0.3, -0.25) is 39.0 Å². The Kier molecular flexibility index (Phi) is 23.2. The molecule has 0 bridgehead atoms. The van der Waals surface area contributed by atoms with Gasteiger partial charge in [0, 0.05) is 19.4 Å². The van der Waals surface area contributed by atoms with Gasteiger partial charge in [-0.1, -0.05) is 12.5 Å². The van der Waals surface area contributed by atoms with Crippen molar-refractivity contribution in [2.75, 3.05) is 111 Å². The standard InChI is InChI=1S/C40H61N3O15/c1-40(2,3)58-35(46)13-15-51-17-19-53-21-23-55-25-27-57-29-28-56-26-24-54-22-20-52-18-16-50-14-6-4-5-10-33(44)41-31-9-7-8-30-36(31)39(49)43(38(30)48)32-11-12-34(45)42-37(32)47/h7-9,32H,4-6,10-29H2,1-3H3,(H,41,44)(H,42,45,47). The largest absolute Gasteiger partial charge is 0.460 e. The third-order valence-electron chi connectivity index (χ3n) is 8.41. The molecular weight excluding hydrogens is 762 g/mol. The number of unbranched alkanes of at least 4 members (excludes halogenated alkanes) is 2. The van der Waals surface area contributed by atoms with E-state index in [-0.39, 0.29) is 54.4 Å². The number of carbonyl (C=O) groups excluding carboxylic acids is 6. The van der Waals surface area contributed by atoms with Crippen molar-refractivity contribution >= 4 is 41.2 Å². The summed E-state index contributed by atoms with van der Waals surface area (Å²) in [5, 5.41) is 4.90. The molecule has 326 valence electrons. The van der Waals surface area contributed by atoms with E-state index >= 15 is 0 Å². The molecule has 1 atom stereocenters. The molecule has 2 aliphatic heterocycles. The van der Waals surface area contributed by atoms with Gasteiger partial charge in [0.1, 0.15) is 11.6 Å². The maximum atomic E-state index is 13.2. The number of nitrogens with zero attached hydrogens (tertiary/aromatic N) is 1. The van der Waals surface area contributed by atoms with Crippen LogP contribution in [0.25, 0.3) is 0 Å². The van der Waals surface area contributed by atoms with Crippen LogP contribution in [0.15, 0.2) is 18.2 Å². The highest BCUT2D eigenvalue weighted by Crippen LogP contribution is 2.32. The molecule has 2 heterocycles. The van der Waals surface area contributed by atoms with Gasteiger partial charge >= 0.3 is 5.97 Å². The predicted octanol–water partition coefficient (Wildman–Crippen LogP) is 2.45. The first-order valence-electron chi connectivity index (χ1n) is 20.0. The Morgan fingerprint density at radius 2 is 1.16 bits per heavy atom. The average Bonchev–Trinajstić information content (AvgIpc) is 3.42. The zero-order chi connectivity index (χ0) is 42.0. The van der Waals surface area contributed by atoms with Crippen molar-refractivity contribution in [3.05, 3.63) is 29.3 Å². The van der Waals surface area contributed by atoms with E-state index in [1.807, 2.05) is 20.8 Å². The second-order valence-corrected chi connectivity index (χ2v) is 14.3. The number of piperidine rings is 1. The lowest BCUT2D eigenvalue weighted by molar-refractivity contribution is -0.156. The minimum Gasteiger partial charge on any atom is -0.460 e. The first kappa shape index (κ1) is 48.5. The van der Waals surface area contributed by atoms with E-state index in [4.69, 9.17) is 42.6 Å². The molecule has 1 aromatic rings. The molecule has 18 heteroatoms. The van der Waals surface area contributed by atoms with Crippen LogP contribution in [-0.4, -0.2) is 158 Å². The van der Waals surface area contributed by atoms with E-state index in [1.54, 1.807) is 12.1 Å². The van der Waals surface area contributed by atoms with Gasteiger partial charge in [0.2, 0.25) is 17.7 Å². The first-order valence-corrected chi connectivity index (χ1v) is 20.0. The fourth-order valence-electron chi connectivity index (χ4n) is 5.69. The van der Waals surface area contributed by atoms with E-state index in [2.05, 4.69) is 10.6 Å². The molecule has 0 spiro atoms. The monoisotopic (exact) mass is 823 g/mol. The molecule has 1 aromatic carbocycles. The quantitative estimate of drug-likeness (QED) is 0.0607. The fraction of sp³-hybridized carbons (Fsp3) is 0.700. The number of hydrogen-bond acceptors (Lipinski definition) is 15. The summed E-state index contributed by atoms with van der Waals surface area (Å²) in [5.41, 5.74) is -0.117. The normalized spacial score (nSPS) is 15.5. The molecule has 18 nitrogen and oxygen atoms in total. The number of ether oxygens (including phenoxy) is 9. The lowest BCUT2D eigenvalue weighted by Crippen LogP contribution is -2.54. The van der Waals surface area contributed by atoms with E-state index in [0.717, 1.165) is 17.7 Å². The molecule has 1 saturated heterocycles. The lowest BCUT2D eigenvalue weighted by Gasteiger charge is -2.27. The number of rotatable bonds is 32. The minimum atomic E-state index is -1.08. The predicted molar refractivity (Wildman–Crippen MR) is 207 cm³/mol. The molecule has 0 aromatic heterocycles. The summed E-state index contributed by atoms with van der Waals surface area (Å²) < 4.78 is 49.0. The molecule has 0 radical (unpaired) electrons. The number of esters is 1. The van der Waals surface area contributed by atoms with Crippen LogP contribution in [0, 0.1) is 0 Å². The van der Waals surface area contributed by atoms with Crippen molar-refractivity contribution in [2.24, 2.45) is 0 Å². The van der Waals surface area contributed by atoms with E-state index in [1.165, 1.54) is 6.07 Å². The van der Waals surface area contributed by atoms with Crippen molar-refractivity contribution in [3.63, 3.8) is 0 Å². The van der Waals surface area contributed by atoms with E-state index < -0.39 is 35.3 Å². The zero-order valence-electron chi connectivity index (χ0n) is 34.1. The molecule has 3 rings (SSSR count). The third-order valence-corrected chi connectivity index (χ3v) is 8.41. The van der Waals surface area contributed by atoms with Crippen LogP contribution in [0.4, 0.5) is 5.69 Å². The van der Waals surface area contributed by atoms with Gasteiger partial charge < -0.3 is 47.9 Å². The zero-order valence-corrected chi connectivity index (χ0v) is 34.1. The number of amides is 5. The Morgan fingerprint density at radius 1 is 0.655 bits per heavy atom. The summed E-state index contributed by atoms with van der Waals surface area (Å²) in [6.07, 6.45) is 2.64. The third kappa shape index (κ3) is 19.2. The molecule has 2 aliphatic rings. The first-order chi connectivity index (χ1) is 28.0. The molecule has 2 N–H and O–H groups in total. The van der Waals surface area contributed by atoms with Gasteiger partial charge in [-0.25, -0.2) is 0 Å². The SMILES string of the molecule is CC(C)(C)OC(=O)CCOCCOCCOCCOCCOCCOCCOCCOCCCCCC(=O)Nc1cccc2c1C(=O)N(C1CCC(=O)NC1=O)C2=O. The molecule has 5 amide bonds. The Bertz CT molecular complexity index is 1450. The number of imide groups is 2. The van der Waals surface area contributed by atoms with Crippen molar-refractivity contribution in [1.29, 1.82) is 0 Å². The van der Waals surface area contributed by atoms with Crippen molar-refractivity contribution < 1.29 is 71.4 Å². The number of benzene rings is 1. The van der Waals surface area contributed by atoms with Gasteiger partial charge in [-0.05, 0) is 52.2 Å². The Morgan fingerprint density at radius 3 is 1.66 bits per heavy atom. The summed E-state index contributed by atoms with van der Waals surface area (Å²) in [7, 11) is 0. The van der Waals surface area contributed by atoms with Crippen LogP contribution in [0.5, 0.6) is 0 Å². The maximum absolute atomic E-state index is 13.2. The Labute approximate surface area is 340 Å². The topological polar surface area (TPSA) is 213 Å². The number of carbonyl (C=O) groups is 6. The van der Waals surface area contributed by atoms with Crippen molar-refractivity contribution in [2.45, 2.75) is 77.4 Å². The molecule has 0 aliphatic carbocycles. The summed E-state index contributed by atoms with van der Waals surface area (Å²) in [4.78, 5) is 75.1. The highest BCUT2D eigenvalue weighted by Gasteiger charge is 2.45. The molecule has 1 unspecified atom stereocenters. The summed E-state index contributed by atoms with van der Waals surface area (Å²) in [6, 6.07) is 3.52. The van der Waals surface area contributed by atoms with Crippen LogP contribution < -0.4 is 10.6 Å². The number of hydrogen-bond donors (Lipinski definition) is 2. The molecule has 58 heavy (non-hydrogen) atoms. The Balaban J connectivity index is 1.03. The summed E-state index contributed by atoms with van der Waals surface area (Å²) in [5.74, 6) is -3.01. The lowest BCUT2D eigenvalue weighted by atomic mass is 10.0. The van der Waals surface area contributed by atoms with Gasteiger partial charge in [0.15, 0.2) is 0 Å². The average molecular weight is 824 g/mol. The molecule has 1 fully saturated rings. The number of fused-ring (bicyclic) bond motifs is 1. The maximum Gasteiger partial charge on any atom is 0.308 e. The minimum absolute atomic E-state index is 0.0260. The second-order valence-electron chi connectivity index (χ2n) is 14.3. The highest BCUT2D eigenvalue weighted by molar-refractivity contribution is 6.26. The van der Waals surface area contributed by atoms with Gasteiger partial charge in [-0.2, -0.15) is 0 Å². The van der Waals surface area contributed by atoms with E-state index in [0.29, 0.717) is 112 Å². The van der Waals surface area contributed by atoms with Crippen molar-refractivity contribution in [1.82, 2.24) is 10.2 Å².